The molecule has 1 aromatic heterocycles. The molecule has 0 bridgehead atoms. The van der Waals surface area contributed by atoms with E-state index in [0.717, 1.165) is 57.9 Å². The summed E-state index contributed by atoms with van der Waals surface area (Å²) in [5, 5.41) is 0. The van der Waals surface area contributed by atoms with Crippen LogP contribution in [0.3, 0.4) is 0 Å². The maximum Gasteiger partial charge on any atom is 0.257 e. The first-order valence-electron chi connectivity index (χ1n) is 10.7. The molecule has 1 amide bonds. The Morgan fingerprint density at radius 1 is 1.10 bits per heavy atom. The van der Waals surface area contributed by atoms with Gasteiger partial charge in [0.05, 0.1) is 11.8 Å². The van der Waals surface area contributed by atoms with Crippen LogP contribution >= 0.6 is 0 Å². The van der Waals surface area contributed by atoms with Crippen LogP contribution in [-0.2, 0) is 6.54 Å². The van der Waals surface area contributed by atoms with Crippen molar-refractivity contribution in [3.8, 4) is 5.75 Å². The summed E-state index contributed by atoms with van der Waals surface area (Å²) in [4.78, 5) is 19.2. The number of rotatable bonds is 5. The van der Waals surface area contributed by atoms with Crippen molar-refractivity contribution in [1.82, 2.24) is 14.7 Å². The van der Waals surface area contributed by atoms with Crippen molar-refractivity contribution >= 4 is 5.91 Å². The van der Waals surface area contributed by atoms with Crippen molar-refractivity contribution in [3.05, 3.63) is 54.0 Å². The van der Waals surface area contributed by atoms with Crippen LogP contribution in [0.1, 0.15) is 35.2 Å². The van der Waals surface area contributed by atoms with E-state index < -0.39 is 0 Å². The Bertz CT molecular complexity index is 784. The zero-order valence-corrected chi connectivity index (χ0v) is 17.3. The fraction of sp³-hybridized carbons (Fsp3) is 0.522. The number of ether oxygens (including phenoxy) is 1. The third-order valence-corrected chi connectivity index (χ3v) is 5.92. The lowest BCUT2D eigenvalue weighted by molar-refractivity contribution is 0.0595. The molecule has 0 atom stereocenters. The van der Waals surface area contributed by atoms with Gasteiger partial charge in [0.1, 0.15) is 18.1 Å². The van der Waals surface area contributed by atoms with E-state index in [1.807, 2.05) is 11.0 Å². The fourth-order valence-corrected chi connectivity index (χ4v) is 4.17. The van der Waals surface area contributed by atoms with Crippen molar-refractivity contribution in [2.45, 2.75) is 31.9 Å². The lowest BCUT2D eigenvalue weighted by Gasteiger charge is -2.32. The topological polar surface area (TPSA) is 49.2 Å². The molecule has 6 nitrogen and oxygen atoms in total. The number of carbonyl (C=O) groups is 1. The molecule has 2 aliphatic heterocycles. The molecule has 0 N–H and O–H groups in total. The molecule has 2 aliphatic rings. The van der Waals surface area contributed by atoms with Gasteiger partial charge in [0.15, 0.2) is 0 Å². The second-order valence-electron chi connectivity index (χ2n) is 8.20. The van der Waals surface area contributed by atoms with Gasteiger partial charge in [-0.3, -0.25) is 9.69 Å². The highest BCUT2D eigenvalue weighted by Crippen LogP contribution is 2.22. The molecule has 29 heavy (non-hydrogen) atoms. The minimum Gasteiger partial charge on any atom is -0.490 e. The minimum absolute atomic E-state index is 0.0438. The van der Waals surface area contributed by atoms with Crippen LogP contribution in [0, 0.1) is 0 Å². The maximum absolute atomic E-state index is 12.4. The number of amides is 1. The van der Waals surface area contributed by atoms with Crippen LogP contribution in [0.5, 0.6) is 5.75 Å². The van der Waals surface area contributed by atoms with Gasteiger partial charge in [-0.25, -0.2) is 0 Å². The van der Waals surface area contributed by atoms with Crippen LogP contribution in [0.25, 0.3) is 0 Å². The number of carbonyl (C=O) groups excluding carboxylic acids is 1. The first-order chi connectivity index (χ1) is 14.2. The molecule has 2 saturated heterocycles. The number of hydrogen-bond acceptors (Lipinski definition) is 5. The summed E-state index contributed by atoms with van der Waals surface area (Å²) in [7, 11) is 2.20. The Kier molecular flexibility index (Phi) is 6.52. The van der Waals surface area contributed by atoms with Crippen LogP contribution in [0.15, 0.2) is 47.3 Å². The molecule has 2 aromatic rings. The number of piperidine rings is 1. The van der Waals surface area contributed by atoms with Gasteiger partial charge in [-0.2, -0.15) is 0 Å². The highest BCUT2D eigenvalue weighted by atomic mass is 16.5. The maximum atomic E-state index is 12.4. The molecule has 156 valence electrons. The molecule has 0 saturated carbocycles. The van der Waals surface area contributed by atoms with Gasteiger partial charge in [0.25, 0.3) is 5.91 Å². The van der Waals surface area contributed by atoms with E-state index in [1.54, 1.807) is 12.3 Å². The summed E-state index contributed by atoms with van der Waals surface area (Å²) in [5.74, 6) is 0.983. The third kappa shape index (κ3) is 5.40. The van der Waals surface area contributed by atoms with Crippen LogP contribution < -0.4 is 4.74 Å². The summed E-state index contributed by atoms with van der Waals surface area (Å²) >= 11 is 0. The van der Waals surface area contributed by atoms with Gasteiger partial charge in [-0.1, -0.05) is 12.1 Å². The molecule has 4 rings (SSSR count). The molecule has 0 aliphatic carbocycles. The van der Waals surface area contributed by atoms with Crippen LogP contribution in [0.2, 0.25) is 0 Å². The molecule has 6 heteroatoms. The summed E-state index contributed by atoms with van der Waals surface area (Å²) in [5.41, 5.74) is 1.93. The standard InChI is InChI=1S/C23H31N3O3/c1-24-9-3-10-25(14-13-24)17-19-4-2-5-22(16-19)29-21-6-11-26(12-7-21)23(27)20-8-15-28-18-20/h2,4-5,8,15-16,18,21H,3,6-7,9-14,17H2,1H3. The van der Waals surface area contributed by atoms with Crippen molar-refractivity contribution in [1.29, 1.82) is 0 Å². The van der Waals surface area contributed by atoms with Crippen LogP contribution in [0.4, 0.5) is 0 Å². The van der Waals surface area contributed by atoms with E-state index >= 15 is 0 Å². The van der Waals surface area contributed by atoms with Gasteiger partial charge >= 0.3 is 0 Å². The SMILES string of the molecule is CN1CCCN(Cc2cccc(OC3CCN(C(=O)c4ccoc4)CC3)c2)CC1. The number of likely N-dealkylation sites (N-methyl/N-ethyl adjacent to an activating group) is 1. The number of furan rings is 1. The second kappa shape index (κ2) is 9.46. The predicted octanol–water partition coefficient (Wildman–Crippen LogP) is 3.10. The van der Waals surface area contributed by atoms with Gasteiger partial charge < -0.3 is 19.0 Å². The number of benzene rings is 1. The average molecular weight is 398 g/mol. The van der Waals surface area contributed by atoms with E-state index in [2.05, 4.69) is 35.0 Å². The molecule has 1 aromatic carbocycles. The quantitative estimate of drug-likeness (QED) is 0.776. The number of nitrogens with zero attached hydrogens (tertiary/aromatic N) is 3. The summed E-state index contributed by atoms with van der Waals surface area (Å²) in [6, 6.07) is 10.2. The predicted molar refractivity (Wildman–Crippen MR) is 112 cm³/mol. The van der Waals surface area contributed by atoms with Crippen LogP contribution in [-0.4, -0.2) is 73.0 Å². The van der Waals surface area contributed by atoms with Gasteiger partial charge in [0.2, 0.25) is 0 Å². The molecular formula is C23H31N3O3. The summed E-state index contributed by atoms with van der Waals surface area (Å²) in [6.45, 7) is 6.99. The molecule has 0 radical (unpaired) electrons. The summed E-state index contributed by atoms with van der Waals surface area (Å²) < 4.78 is 11.3. The van der Waals surface area contributed by atoms with E-state index in [-0.39, 0.29) is 12.0 Å². The zero-order chi connectivity index (χ0) is 20.1. The van der Waals surface area contributed by atoms with E-state index in [0.29, 0.717) is 5.56 Å². The third-order valence-electron chi connectivity index (χ3n) is 5.92. The monoisotopic (exact) mass is 397 g/mol. The Morgan fingerprint density at radius 3 is 2.76 bits per heavy atom. The Balaban J connectivity index is 1.28. The Morgan fingerprint density at radius 2 is 1.97 bits per heavy atom. The largest absolute Gasteiger partial charge is 0.490 e. The fourth-order valence-electron chi connectivity index (χ4n) is 4.17. The van der Waals surface area contributed by atoms with Crippen molar-refractivity contribution < 1.29 is 13.9 Å². The number of likely N-dealkylation sites (tertiary alicyclic amines) is 1. The van der Waals surface area contributed by atoms with E-state index in [9.17, 15) is 4.79 Å². The van der Waals surface area contributed by atoms with Crippen molar-refractivity contribution in [2.24, 2.45) is 0 Å². The zero-order valence-electron chi connectivity index (χ0n) is 17.3. The second-order valence-corrected chi connectivity index (χ2v) is 8.20. The summed E-state index contributed by atoms with van der Waals surface area (Å²) in [6.07, 6.45) is 6.14. The van der Waals surface area contributed by atoms with Crippen molar-refractivity contribution in [3.63, 3.8) is 0 Å². The Labute approximate surface area is 173 Å². The first kappa shape index (κ1) is 20.0. The van der Waals surface area contributed by atoms with Gasteiger partial charge in [-0.15, -0.1) is 0 Å². The lowest BCUT2D eigenvalue weighted by Crippen LogP contribution is -2.41. The number of hydrogen-bond donors (Lipinski definition) is 0. The van der Waals surface area contributed by atoms with Gasteiger partial charge in [-0.05, 0) is 50.3 Å². The highest BCUT2D eigenvalue weighted by Gasteiger charge is 2.25. The average Bonchev–Trinajstić information content (AvgIpc) is 3.19. The van der Waals surface area contributed by atoms with Gasteiger partial charge in [0, 0.05) is 45.6 Å². The van der Waals surface area contributed by atoms with E-state index in [1.165, 1.54) is 24.8 Å². The molecular weight excluding hydrogens is 366 g/mol. The molecule has 2 fully saturated rings. The first-order valence-corrected chi connectivity index (χ1v) is 10.7. The molecule has 0 unspecified atom stereocenters. The highest BCUT2D eigenvalue weighted by molar-refractivity contribution is 5.93. The Hall–Kier alpha value is -2.31. The van der Waals surface area contributed by atoms with Crippen molar-refractivity contribution in [2.75, 3.05) is 46.3 Å². The molecule has 0 spiro atoms. The minimum atomic E-state index is 0.0438. The normalized spacial score (nSPS) is 19.8. The molecule has 3 heterocycles. The van der Waals surface area contributed by atoms with E-state index in [4.69, 9.17) is 9.15 Å². The smallest absolute Gasteiger partial charge is 0.257 e. The lowest BCUT2D eigenvalue weighted by atomic mass is 10.1.